The van der Waals surface area contributed by atoms with E-state index in [1.54, 1.807) is 30.3 Å². The molecule has 0 spiro atoms. The third-order valence-corrected chi connectivity index (χ3v) is 4.56. The van der Waals surface area contributed by atoms with Crippen LogP contribution in [0.25, 0.3) is 0 Å². The van der Waals surface area contributed by atoms with Gasteiger partial charge in [-0.05, 0) is 12.5 Å². The zero-order valence-corrected chi connectivity index (χ0v) is 13.5. The second-order valence-electron chi connectivity index (χ2n) is 5.10. The van der Waals surface area contributed by atoms with Crippen molar-refractivity contribution in [3.8, 4) is 0 Å². The van der Waals surface area contributed by atoms with Crippen LogP contribution < -0.4 is 5.32 Å². The average Bonchev–Trinajstić information content (AvgIpc) is 2.43. The molecule has 7 nitrogen and oxygen atoms in total. The number of aliphatic carboxylic acids is 1. The number of hydrogen-bond donors (Lipinski definition) is 2. The number of carboxylic acids is 1. The molecule has 0 heterocycles. The number of amides is 1. The Kier molecular flexibility index (Phi) is 6.07. The van der Waals surface area contributed by atoms with Crippen molar-refractivity contribution in [1.29, 1.82) is 0 Å². The van der Waals surface area contributed by atoms with Gasteiger partial charge in [-0.2, -0.15) is 4.31 Å². The molecule has 0 aliphatic rings. The van der Waals surface area contributed by atoms with E-state index in [-0.39, 0.29) is 6.54 Å². The predicted octanol–water partition coefficient (Wildman–Crippen LogP) is 0.456. The fourth-order valence-corrected chi connectivity index (χ4v) is 2.19. The van der Waals surface area contributed by atoms with Gasteiger partial charge in [-0.25, -0.2) is 8.42 Å². The maximum atomic E-state index is 12.0. The first-order valence-corrected chi connectivity index (χ1v) is 8.46. The predicted molar refractivity (Wildman–Crippen MR) is 81.6 cm³/mol. The molecular formula is C14H20N2O5S. The molecule has 0 fully saturated rings. The van der Waals surface area contributed by atoms with Crippen molar-refractivity contribution < 1.29 is 23.1 Å². The van der Waals surface area contributed by atoms with Gasteiger partial charge in [0.1, 0.15) is 0 Å². The Labute approximate surface area is 130 Å². The van der Waals surface area contributed by atoms with E-state index in [2.05, 4.69) is 5.32 Å². The van der Waals surface area contributed by atoms with Crippen LogP contribution in [0.3, 0.4) is 0 Å². The Hall–Kier alpha value is -1.93. The highest BCUT2D eigenvalue weighted by atomic mass is 32.2. The molecule has 1 amide bonds. The number of nitrogens with zero attached hydrogens (tertiary/aromatic N) is 1. The SMILES string of the molecule is CC(C(=O)O)C(NC(=O)CN(C)S(C)(=O)=O)c1ccccc1. The molecule has 1 aromatic carbocycles. The van der Waals surface area contributed by atoms with E-state index in [0.29, 0.717) is 5.56 Å². The van der Waals surface area contributed by atoms with Crippen molar-refractivity contribution >= 4 is 21.9 Å². The van der Waals surface area contributed by atoms with E-state index < -0.39 is 33.9 Å². The van der Waals surface area contributed by atoms with Crippen LogP contribution in [0.2, 0.25) is 0 Å². The van der Waals surface area contributed by atoms with Crippen LogP contribution in [0.1, 0.15) is 18.5 Å². The smallest absolute Gasteiger partial charge is 0.308 e. The van der Waals surface area contributed by atoms with Crippen LogP contribution in [-0.2, 0) is 19.6 Å². The first kappa shape index (κ1) is 18.1. The molecule has 1 aromatic rings. The summed E-state index contributed by atoms with van der Waals surface area (Å²) in [5, 5.41) is 11.8. The quantitative estimate of drug-likeness (QED) is 0.756. The number of carbonyl (C=O) groups excluding carboxylic acids is 1. The third-order valence-electron chi connectivity index (χ3n) is 3.30. The first-order valence-electron chi connectivity index (χ1n) is 6.61. The van der Waals surface area contributed by atoms with Crippen LogP contribution in [0.4, 0.5) is 0 Å². The average molecular weight is 328 g/mol. The fourth-order valence-electron chi connectivity index (χ4n) is 1.84. The van der Waals surface area contributed by atoms with Gasteiger partial charge in [0.25, 0.3) is 0 Å². The third kappa shape index (κ3) is 5.12. The van der Waals surface area contributed by atoms with Gasteiger partial charge < -0.3 is 10.4 Å². The number of nitrogens with one attached hydrogen (secondary N) is 1. The van der Waals surface area contributed by atoms with Gasteiger partial charge in [-0.3, -0.25) is 9.59 Å². The molecule has 0 aliphatic heterocycles. The molecule has 0 aromatic heterocycles. The summed E-state index contributed by atoms with van der Waals surface area (Å²) in [6, 6.07) is 7.96. The highest BCUT2D eigenvalue weighted by molar-refractivity contribution is 7.88. The van der Waals surface area contributed by atoms with E-state index in [1.165, 1.54) is 14.0 Å². The second kappa shape index (κ2) is 7.37. The van der Waals surface area contributed by atoms with Crippen LogP contribution in [0.5, 0.6) is 0 Å². The molecule has 1 rings (SSSR count). The maximum absolute atomic E-state index is 12.0. The Morgan fingerprint density at radius 3 is 2.27 bits per heavy atom. The van der Waals surface area contributed by atoms with Gasteiger partial charge in [0, 0.05) is 7.05 Å². The standard InChI is InChI=1S/C14H20N2O5S/c1-10(14(18)19)13(11-7-5-4-6-8-11)15-12(17)9-16(2)22(3,20)21/h4-8,10,13H,9H2,1-3H3,(H,15,17)(H,18,19). The molecule has 0 saturated heterocycles. The second-order valence-corrected chi connectivity index (χ2v) is 7.19. The molecule has 0 radical (unpaired) electrons. The summed E-state index contributed by atoms with van der Waals surface area (Å²) in [4.78, 5) is 23.2. The molecular weight excluding hydrogens is 308 g/mol. The van der Waals surface area contributed by atoms with Crippen molar-refractivity contribution in [2.45, 2.75) is 13.0 Å². The lowest BCUT2D eigenvalue weighted by molar-refractivity contribution is -0.142. The van der Waals surface area contributed by atoms with Crippen molar-refractivity contribution in [2.24, 2.45) is 5.92 Å². The monoisotopic (exact) mass is 328 g/mol. The highest BCUT2D eigenvalue weighted by Gasteiger charge is 2.27. The summed E-state index contributed by atoms with van der Waals surface area (Å²) < 4.78 is 23.5. The van der Waals surface area contributed by atoms with Gasteiger partial charge in [0.15, 0.2) is 0 Å². The van der Waals surface area contributed by atoms with Crippen LogP contribution >= 0.6 is 0 Å². The molecule has 22 heavy (non-hydrogen) atoms. The Morgan fingerprint density at radius 2 is 1.82 bits per heavy atom. The Bertz CT molecular complexity index is 630. The maximum Gasteiger partial charge on any atom is 0.308 e. The van der Waals surface area contributed by atoms with Crippen molar-refractivity contribution in [2.75, 3.05) is 19.8 Å². The lowest BCUT2D eigenvalue weighted by atomic mass is 9.94. The molecule has 2 atom stereocenters. The number of benzene rings is 1. The Balaban J connectivity index is 2.90. The molecule has 2 unspecified atom stereocenters. The fraction of sp³-hybridized carbons (Fsp3) is 0.429. The van der Waals surface area contributed by atoms with E-state index in [1.807, 2.05) is 0 Å². The Morgan fingerprint density at radius 1 is 1.27 bits per heavy atom. The number of carbonyl (C=O) groups is 2. The molecule has 122 valence electrons. The van der Waals surface area contributed by atoms with Crippen LogP contribution in [-0.4, -0.2) is 49.6 Å². The van der Waals surface area contributed by atoms with Gasteiger partial charge >= 0.3 is 5.97 Å². The zero-order chi connectivity index (χ0) is 16.9. The van der Waals surface area contributed by atoms with Crippen LogP contribution in [0, 0.1) is 5.92 Å². The number of likely N-dealkylation sites (N-methyl/N-ethyl adjacent to an activating group) is 1. The molecule has 0 bridgehead atoms. The number of rotatable bonds is 7. The van der Waals surface area contributed by atoms with Crippen LogP contribution in [0.15, 0.2) is 30.3 Å². The lowest BCUT2D eigenvalue weighted by Crippen LogP contribution is -2.42. The minimum Gasteiger partial charge on any atom is -0.481 e. The van der Waals surface area contributed by atoms with E-state index in [9.17, 15) is 23.1 Å². The van der Waals surface area contributed by atoms with Crippen molar-refractivity contribution in [3.63, 3.8) is 0 Å². The largest absolute Gasteiger partial charge is 0.481 e. The highest BCUT2D eigenvalue weighted by Crippen LogP contribution is 2.22. The summed E-state index contributed by atoms with van der Waals surface area (Å²) in [7, 11) is -2.19. The summed E-state index contributed by atoms with van der Waals surface area (Å²) in [6.07, 6.45) is 0.995. The number of carboxylic acid groups (broad SMARTS) is 1. The first-order chi connectivity index (χ1) is 10.1. The summed E-state index contributed by atoms with van der Waals surface area (Å²) in [5.74, 6) is -2.46. The minimum atomic E-state index is -3.48. The van der Waals surface area contributed by atoms with Gasteiger partial charge in [-0.15, -0.1) is 0 Å². The molecule has 8 heteroatoms. The van der Waals surface area contributed by atoms with Crippen molar-refractivity contribution in [1.82, 2.24) is 9.62 Å². The van der Waals surface area contributed by atoms with E-state index >= 15 is 0 Å². The summed E-state index contributed by atoms with van der Waals surface area (Å²) in [5.41, 5.74) is 0.646. The van der Waals surface area contributed by atoms with E-state index in [0.717, 1.165) is 10.6 Å². The minimum absolute atomic E-state index is 0.367. The molecule has 0 aliphatic carbocycles. The van der Waals surface area contributed by atoms with E-state index in [4.69, 9.17) is 0 Å². The number of sulfonamides is 1. The van der Waals surface area contributed by atoms with Gasteiger partial charge in [-0.1, -0.05) is 30.3 Å². The molecule has 0 saturated carbocycles. The lowest BCUT2D eigenvalue weighted by Gasteiger charge is -2.24. The summed E-state index contributed by atoms with van der Waals surface area (Å²) in [6.45, 7) is 1.12. The normalized spacial score (nSPS) is 14.4. The summed E-state index contributed by atoms with van der Waals surface area (Å²) >= 11 is 0. The topological polar surface area (TPSA) is 104 Å². The van der Waals surface area contributed by atoms with Gasteiger partial charge in [0.2, 0.25) is 15.9 Å². The van der Waals surface area contributed by atoms with Gasteiger partial charge in [0.05, 0.1) is 24.8 Å². The zero-order valence-electron chi connectivity index (χ0n) is 12.7. The van der Waals surface area contributed by atoms with Crippen molar-refractivity contribution in [3.05, 3.63) is 35.9 Å². The molecule has 2 N–H and O–H groups in total. The number of hydrogen-bond acceptors (Lipinski definition) is 4.